The molecule has 0 spiro atoms. The molecule has 102 valence electrons. The Morgan fingerprint density at radius 3 is 2.84 bits per heavy atom. The zero-order chi connectivity index (χ0) is 14.3. The predicted molar refractivity (Wildman–Crippen MR) is 71.8 cm³/mol. The number of hydrogen-bond donors (Lipinski definition) is 2. The first kappa shape index (κ1) is 14.9. The normalized spacial score (nSPS) is 11.6. The Morgan fingerprint density at radius 1 is 1.58 bits per heavy atom. The summed E-state index contributed by atoms with van der Waals surface area (Å²) in [6, 6.07) is 6.25. The third-order valence-electron chi connectivity index (χ3n) is 3.02. The van der Waals surface area contributed by atoms with Gasteiger partial charge in [0.1, 0.15) is 11.6 Å². The van der Waals surface area contributed by atoms with Crippen LogP contribution in [0.15, 0.2) is 18.2 Å². The smallest absolute Gasteiger partial charge is 0.289 e. The number of nitrogens with one attached hydrogen (secondary N) is 1. The standard InChI is InChI=1S/C13H17N3O3/c1-2-10(5-6-17)9-15-12-4-3-11(8-14)13(7-12)16(18)19/h3-4,7,10,15,17H,2,5-6,9H2,1H3. The summed E-state index contributed by atoms with van der Waals surface area (Å²) in [6.45, 7) is 2.80. The van der Waals surface area contributed by atoms with E-state index in [2.05, 4.69) is 5.32 Å². The third kappa shape index (κ3) is 4.23. The molecular weight excluding hydrogens is 246 g/mol. The SMILES string of the molecule is CCC(CCO)CNc1ccc(C#N)c([N+](=O)[O-])c1. The monoisotopic (exact) mass is 263 g/mol. The van der Waals surface area contributed by atoms with E-state index in [1.807, 2.05) is 6.92 Å². The van der Waals surface area contributed by atoms with Crippen molar-refractivity contribution in [3.63, 3.8) is 0 Å². The van der Waals surface area contributed by atoms with Gasteiger partial charge in [0, 0.05) is 24.9 Å². The number of aliphatic hydroxyl groups is 1. The van der Waals surface area contributed by atoms with Crippen molar-refractivity contribution in [2.45, 2.75) is 19.8 Å². The zero-order valence-corrected chi connectivity index (χ0v) is 10.8. The number of benzene rings is 1. The second-order valence-corrected chi connectivity index (χ2v) is 4.27. The van der Waals surface area contributed by atoms with Crippen molar-refractivity contribution in [2.75, 3.05) is 18.5 Å². The Morgan fingerprint density at radius 2 is 2.32 bits per heavy atom. The first-order valence-corrected chi connectivity index (χ1v) is 6.15. The maximum Gasteiger partial charge on any atom is 0.289 e. The lowest BCUT2D eigenvalue weighted by Gasteiger charge is -2.15. The van der Waals surface area contributed by atoms with E-state index in [-0.39, 0.29) is 17.9 Å². The number of aliphatic hydroxyl groups excluding tert-OH is 1. The molecule has 0 saturated carbocycles. The summed E-state index contributed by atoms with van der Waals surface area (Å²) in [5.41, 5.74) is 0.475. The van der Waals surface area contributed by atoms with E-state index in [1.165, 1.54) is 12.1 Å². The number of rotatable bonds is 7. The minimum absolute atomic E-state index is 0.0537. The molecule has 0 aliphatic rings. The maximum atomic E-state index is 10.8. The van der Waals surface area contributed by atoms with Gasteiger partial charge in [-0.3, -0.25) is 10.1 Å². The van der Waals surface area contributed by atoms with E-state index in [9.17, 15) is 10.1 Å². The largest absolute Gasteiger partial charge is 0.396 e. The van der Waals surface area contributed by atoms with Gasteiger partial charge in [0.25, 0.3) is 5.69 Å². The van der Waals surface area contributed by atoms with Crippen molar-refractivity contribution in [3.05, 3.63) is 33.9 Å². The molecule has 0 aliphatic carbocycles. The summed E-state index contributed by atoms with van der Waals surface area (Å²) in [5.74, 6) is 0.319. The van der Waals surface area contributed by atoms with Crippen LogP contribution in [0.5, 0.6) is 0 Å². The molecule has 0 saturated heterocycles. The molecule has 0 bridgehead atoms. The molecule has 0 aromatic heterocycles. The van der Waals surface area contributed by atoms with Gasteiger partial charge in [-0.2, -0.15) is 5.26 Å². The number of nitro benzene ring substituents is 1. The maximum absolute atomic E-state index is 10.8. The Labute approximate surface area is 111 Å². The predicted octanol–water partition coefficient (Wildman–Crippen LogP) is 2.29. The van der Waals surface area contributed by atoms with Gasteiger partial charge in [0.15, 0.2) is 0 Å². The summed E-state index contributed by atoms with van der Waals surface area (Å²) in [5, 5.41) is 31.6. The van der Waals surface area contributed by atoms with Crippen LogP contribution in [0, 0.1) is 27.4 Å². The van der Waals surface area contributed by atoms with Gasteiger partial charge >= 0.3 is 0 Å². The topological polar surface area (TPSA) is 99.2 Å². The molecule has 1 rings (SSSR count). The Hall–Kier alpha value is -2.13. The van der Waals surface area contributed by atoms with Gasteiger partial charge in [-0.15, -0.1) is 0 Å². The molecule has 19 heavy (non-hydrogen) atoms. The van der Waals surface area contributed by atoms with Crippen molar-refractivity contribution >= 4 is 11.4 Å². The Bertz CT molecular complexity index is 483. The molecule has 1 aromatic carbocycles. The van der Waals surface area contributed by atoms with E-state index in [0.29, 0.717) is 24.6 Å². The van der Waals surface area contributed by atoms with Crippen LogP contribution in [0.3, 0.4) is 0 Å². The molecule has 0 fully saturated rings. The lowest BCUT2D eigenvalue weighted by molar-refractivity contribution is -0.385. The summed E-state index contributed by atoms with van der Waals surface area (Å²) >= 11 is 0. The van der Waals surface area contributed by atoms with Crippen LogP contribution in [-0.2, 0) is 0 Å². The molecule has 6 heteroatoms. The first-order chi connectivity index (χ1) is 9.12. The number of nitrogens with zero attached hydrogens (tertiary/aromatic N) is 2. The van der Waals surface area contributed by atoms with Crippen LogP contribution >= 0.6 is 0 Å². The Kier molecular flexibility index (Phi) is 5.76. The average molecular weight is 263 g/mol. The van der Waals surface area contributed by atoms with Crippen LogP contribution in [0.4, 0.5) is 11.4 Å². The van der Waals surface area contributed by atoms with Gasteiger partial charge in [-0.25, -0.2) is 0 Å². The molecule has 1 aromatic rings. The molecule has 6 nitrogen and oxygen atoms in total. The van der Waals surface area contributed by atoms with Gasteiger partial charge in [-0.1, -0.05) is 13.3 Å². The van der Waals surface area contributed by atoms with Gasteiger partial charge in [0.05, 0.1) is 4.92 Å². The second-order valence-electron chi connectivity index (χ2n) is 4.27. The number of anilines is 1. The lowest BCUT2D eigenvalue weighted by Crippen LogP contribution is -2.15. The molecule has 1 unspecified atom stereocenters. The summed E-state index contributed by atoms with van der Waals surface area (Å²) in [4.78, 5) is 10.3. The zero-order valence-electron chi connectivity index (χ0n) is 10.8. The third-order valence-corrected chi connectivity index (χ3v) is 3.02. The van der Waals surface area contributed by atoms with Crippen LogP contribution in [0.25, 0.3) is 0 Å². The van der Waals surface area contributed by atoms with Gasteiger partial charge in [-0.05, 0) is 24.5 Å². The molecule has 0 aliphatic heterocycles. The molecule has 2 N–H and O–H groups in total. The van der Waals surface area contributed by atoms with E-state index in [1.54, 1.807) is 12.1 Å². The summed E-state index contributed by atoms with van der Waals surface area (Å²) < 4.78 is 0. The van der Waals surface area contributed by atoms with E-state index >= 15 is 0 Å². The molecule has 0 amide bonds. The fourth-order valence-electron chi connectivity index (χ4n) is 1.78. The summed E-state index contributed by atoms with van der Waals surface area (Å²) in [7, 11) is 0. The average Bonchev–Trinajstić information content (AvgIpc) is 2.43. The first-order valence-electron chi connectivity index (χ1n) is 6.15. The highest BCUT2D eigenvalue weighted by Crippen LogP contribution is 2.23. The van der Waals surface area contributed by atoms with Crippen LogP contribution < -0.4 is 5.32 Å². The highest BCUT2D eigenvalue weighted by molar-refractivity contribution is 5.59. The van der Waals surface area contributed by atoms with Gasteiger partial charge in [0.2, 0.25) is 0 Å². The molecular formula is C13H17N3O3. The number of hydrogen-bond acceptors (Lipinski definition) is 5. The molecule has 0 heterocycles. The molecule has 1 atom stereocenters. The van der Waals surface area contributed by atoms with Crippen molar-refractivity contribution in [1.29, 1.82) is 5.26 Å². The number of nitriles is 1. The van der Waals surface area contributed by atoms with Crippen LogP contribution in [0.2, 0.25) is 0 Å². The molecule has 0 radical (unpaired) electrons. The van der Waals surface area contributed by atoms with Crippen LogP contribution in [-0.4, -0.2) is 23.2 Å². The fraction of sp³-hybridized carbons (Fsp3) is 0.462. The van der Waals surface area contributed by atoms with Gasteiger partial charge < -0.3 is 10.4 Å². The van der Waals surface area contributed by atoms with E-state index in [0.717, 1.165) is 6.42 Å². The highest BCUT2D eigenvalue weighted by Gasteiger charge is 2.14. The minimum Gasteiger partial charge on any atom is -0.396 e. The fourth-order valence-corrected chi connectivity index (χ4v) is 1.78. The van der Waals surface area contributed by atoms with Crippen molar-refractivity contribution < 1.29 is 10.0 Å². The van der Waals surface area contributed by atoms with Crippen LogP contribution in [0.1, 0.15) is 25.3 Å². The van der Waals surface area contributed by atoms with Crippen molar-refractivity contribution in [2.24, 2.45) is 5.92 Å². The minimum atomic E-state index is -0.561. The van der Waals surface area contributed by atoms with Crippen molar-refractivity contribution in [1.82, 2.24) is 0 Å². The highest BCUT2D eigenvalue weighted by atomic mass is 16.6. The Balaban J connectivity index is 2.77. The van der Waals surface area contributed by atoms with Crippen molar-refractivity contribution in [3.8, 4) is 6.07 Å². The number of nitro groups is 1. The van der Waals surface area contributed by atoms with E-state index < -0.39 is 4.92 Å². The quantitative estimate of drug-likeness (QED) is 0.580. The lowest BCUT2D eigenvalue weighted by atomic mass is 10.0. The summed E-state index contributed by atoms with van der Waals surface area (Å²) in [6.07, 6.45) is 1.62. The van der Waals surface area contributed by atoms with E-state index in [4.69, 9.17) is 10.4 Å². The second kappa shape index (κ2) is 7.34.